The van der Waals surface area contributed by atoms with Crippen LogP contribution in [0.25, 0.3) is 0 Å². The highest BCUT2D eigenvalue weighted by Crippen LogP contribution is 2.28. The zero-order chi connectivity index (χ0) is 14.5. The number of hydrogen-bond acceptors (Lipinski definition) is 4. The molecule has 0 atom stereocenters. The van der Waals surface area contributed by atoms with Gasteiger partial charge in [-0.2, -0.15) is 0 Å². The van der Waals surface area contributed by atoms with Gasteiger partial charge in [-0.3, -0.25) is 4.79 Å². The molecule has 0 saturated heterocycles. The molecule has 2 N–H and O–H groups in total. The second kappa shape index (κ2) is 6.61. The fourth-order valence-electron chi connectivity index (χ4n) is 1.98. The third-order valence-electron chi connectivity index (χ3n) is 3.46. The Morgan fingerprint density at radius 2 is 2.20 bits per heavy atom. The summed E-state index contributed by atoms with van der Waals surface area (Å²) in [6, 6.07) is 5.21. The maximum Gasteiger partial charge on any atom is 0.259 e. The van der Waals surface area contributed by atoms with Crippen LogP contribution in [0, 0.1) is 5.92 Å². The lowest BCUT2D eigenvalue weighted by atomic mass is 10.1. The fraction of sp³-hybridized carbons (Fsp3) is 0.533. The Morgan fingerprint density at radius 1 is 1.45 bits per heavy atom. The largest absolute Gasteiger partial charge is 0.496 e. The van der Waals surface area contributed by atoms with E-state index in [1.165, 1.54) is 20.0 Å². The Hall–Kier alpha value is -1.75. The van der Waals surface area contributed by atoms with E-state index in [2.05, 4.69) is 0 Å². The first kappa shape index (κ1) is 14.7. The van der Waals surface area contributed by atoms with Crippen LogP contribution in [0.1, 0.15) is 23.2 Å². The molecule has 0 aromatic heterocycles. The van der Waals surface area contributed by atoms with E-state index in [1.54, 1.807) is 30.1 Å². The van der Waals surface area contributed by atoms with Crippen LogP contribution in [0.2, 0.25) is 0 Å². The molecule has 5 heteroatoms. The smallest absolute Gasteiger partial charge is 0.259 e. The molecule has 1 aromatic carbocycles. The number of anilines is 1. The number of benzene rings is 1. The monoisotopic (exact) mass is 278 g/mol. The number of methoxy groups -OCH3 is 1. The van der Waals surface area contributed by atoms with Gasteiger partial charge >= 0.3 is 0 Å². The van der Waals surface area contributed by atoms with Crippen LogP contribution >= 0.6 is 0 Å². The summed E-state index contributed by atoms with van der Waals surface area (Å²) in [6.07, 6.45) is 2.54. The zero-order valence-corrected chi connectivity index (χ0v) is 12.1. The normalized spacial score (nSPS) is 14.1. The van der Waals surface area contributed by atoms with Crippen molar-refractivity contribution in [1.82, 2.24) is 4.90 Å². The summed E-state index contributed by atoms with van der Waals surface area (Å²) < 4.78 is 10.7. The summed E-state index contributed by atoms with van der Waals surface area (Å²) in [4.78, 5) is 14.0. The molecular formula is C15H22N2O3. The van der Waals surface area contributed by atoms with E-state index in [0.29, 0.717) is 30.2 Å². The number of likely N-dealkylation sites (N-methyl/N-ethyl adjacent to an activating group) is 1. The maximum absolute atomic E-state index is 12.4. The van der Waals surface area contributed by atoms with Gasteiger partial charge < -0.3 is 20.1 Å². The van der Waals surface area contributed by atoms with Crippen LogP contribution in [-0.4, -0.2) is 44.7 Å². The summed E-state index contributed by atoms with van der Waals surface area (Å²) >= 11 is 0. The molecule has 110 valence electrons. The van der Waals surface area contributed by atoms with Gasteiger partial charge in [0.25, 0.3) is 5.91 Å². The molecule has 0 spiro atoms. The number of nitrogen functional groups attached to an aromatic ring is 1. The van der Waals surface area contributed by atoms with Gasteiger partial charge in [0, 0.05) is 25.9 Å². The number of carbonyl (C=O) groups excluding carboxylic acids is 1. The minimum absolute atomic E-state index is 0.144. The third kappa shape index (κ3) is 3.63. The lowest BCUT2D eigenvalue weighted by molar-refractivity contribution is 0.0679. The zero-order valence-electron chi connectivity index (χ0n) is 12.1. The highest BCUT2D eigenvalue weighted by molar-refractivity contribution is 6.01. The van der Waals surface area contributed by atoms with Crippen LogP contribution in [0.4, 0.5) is 5.69 Å². The summed E-state index contributed by atoms with van der Waals surface area (Å²) in [5, 5.41) is 0. The number of nitrogens with two attached hydrogens (primary N) is 1. The molecule has 0 radical (unpaired) electrons. The van der Waals surface area contributed by atoms with E-state index in [9.17, 15) is 4.79 Å². The number of ether oxygens (including phenoxy) is 2. The maximum atomic E-state index is 12.4. The van der Waals surface area contributed by atoms with Gasteiger partial charge in [-0.1, -0.05) is 6.07 Å². The highest BCUT2D eigenvalue weighted by atomic mass is 16.5. The van der Waals surface area contributed by atoms with Gasteiger partial charge in [0.15, 0.2) is 0 Å². The van der Waals surface area contributed by atoms with Gasteiger partial charge in [-0.15, -0.1) is 0 Å². The number of amides is 1. The number of nitrogens with zero attached hydrogens (tertiary/aromatic N) is 1. The molecule has 0 unspecified atom stereocenters. The third-order valence-corrected chi connectivity index (χ3v) is 3.46. The molecule has 1 aliphatic carbocycles. The summed E-state index contributed by atoms with van der Waals surface area (Å²) in [5.74, 6) is 1.09. The number of carbonyl (C=O) groups is 1. The first-order valence-corrected chi connectivity index (χ1v) is 6.89. The Morgan fingerprint density at radius 3 is 2.85 bits per heavy atom. The minimum atomic E-state index is -0.144. The predicted octanol–water partition coefficient (Wildman–Crippen LogP) is 1.78. The van der Waals surface area contributed by atoms with Crippen molar-refractivity contribution in [1.29, 1.82) is 0 Å². The Bertz CT molecular complexity index is 472. The van der Waals surface area contributed by atoms with Crippen LogP contribution in [0.3, 0.4) is 0 Å². The van der Waals surface area contributed by atoms with Crippen molar-refractivity contribution < 1.29 is 14.3 Å². The van der Waals surface area contributed by atoms with Crippen LogP contribution < -0.4 is 10.5 Å². The Kier molecular flexibility index (Phi) is 4.84. The summed E-state index contributed by atoms with van der Waals surface area (Å²) in [7, 11) is 3.28. The van der Waals surface area contributed by atoms with E-state index in [0.717, 1.165) is 12.5 Å². The minimum Gasteiger partial charge on any atom is -0.496 e. The number of hydrogen-bond donors (Lipinski definition) is 1. The highest BCUT2D eigenvalue weighted by Gasteiger charge is 2.22. The van der Waals surface area contributed by atoms with Gasteiger partial charge in [0.1, 0.15) is 11.3 Å². The molecule has 0 bridgehead atoms. The molecule has 1 aliphatic rings. The summed E-state index contributed by atoms with van der Waals surface area (Å²) in [5.41, 5.74) is 6.73. The summed E-state index contributed by atoms with van der Waals surface area (Å²) in [6.45, 7) is 1.90. The van der Waals surface area contributed by atoms with Crippen molar-refractivity contribution in [3.8, 4) is 5.75 Å². The second-order valence-electron chi connectivity index (χ2n) is 5.17. The van der Waals surface area contributed by atoms with E-state index in [1.807, 2.05) is 0 Å². The van der Waals surface area contributed by atoms with E-state index in [-0.39, 0.29) is 5.91 Å². The van der Waals surface area contributed by atoms with Crippen molar-refractivity contribution >= 4 is 11.6 Å². The fourth-order valence-corrected chi connectivity index (χ4v) is 1.98. The average molecular weight is 278 g/mol. The lowest BCUT2D eigenvalue weighted by Crippen LogP contribution is -2.31. The van der Waals surface area contributed by atoms with Crippen LogP contribution in [0.5, 0.6) is 5.75 Å². The predicted molar refractivity (Wildman–Crippen MR) is 77.9 cm³/mol. The first-order chi connectivity index (χ1) is 9.63. The quantitative estimate of drug-likeness (QED) is 0.610. The first-order valence-electron chi connectivity index (χ1n) is 6.89. The SMILES string of the molecule is COc1cccc(N)c1C(=O)N(C)CCOCC1CC1. The average Bonchev–Trinajstić information content (AvgIpc) is 3.26. The van der Waals surface area contributed by atoms with Crippen LogP contribution in [0.15, 0.2) is 18.2 Å². The van der Waals surface area contributed by atoms with Gasteiger partial charge in [-0.05, 0) is 30.9 Å². The molecule has 0 aliphatic heterocycles. The number of rotatable bonds is 7. The molecule has 20 heavy (non-hydrogen) atoms. The molecule has 1 saturated carbocycles. The molecule has 1 amide bonds. The molecule has 5 nitrogen and oxygen atoms in total. The van der Waals surface area contributed by atoms with Crippen molar-refractivity contribution in [3.63, 3.8) is 0 Å². The molecule has 1 fully saturated rings. The Balaban J connectivity index is 1.91. The molecular weight excluding hydrogens is 256 g/mol. The molecule has 2 rings (SSSR count). The Labute approximate surface area is 119 Å². The van der Waals surface area contributed by atoms with Crippen molar-refractivity contribution in [2.24, 2.45) is 5.92 Å². The van der Waals surface area contributed by atoms with Crippen LogP contribution in [-0.2, 0) is 4.74 Å². The second-order valence-corrected chi connectivity index (χ2v) is 5.17. The molecule has 0 heterocycles. The standard InChI is InChI=1S/C15H22N2O3/c1-17(8-9-20-10-11-6-7-11)15(18)14-12(16)4-3-5-13(14)19-2/h3-5,11H,6-10,16H2,1-2H3. The van der Waals surface area contributed by atoms with Crippen molar-refractivity contribution in [2.75, 3.05) is 39.6 Å². The van der Waals surface area contributed by atoms with E-state index in [4.69, 9.17) is 15.2 Å². The van der Waals surface area contributed by atoms with E-state index >= 15 is 0 Å². The van der Waals surface area contributed by atoms with Gasteiger partial charge in [0.05, 0.1) is 13.7 Å². The van der Waals surface area contributed by atoms with Crippen molar-refractivity contribution in [2.45, 2.75) is 12.8 Å². The van der Waals surface area contributed by atoms with Gasteiger partial charge in [0.2, 0.25) is 0 Å². The topological polar surface area (TPSA) is 64.8 Å². The van der Waals surface area contributed by atoms with Crippen molar-refractivity contribution in [3.05, 3.63) is 23.8 Å². The lowest BCUT2D eigenvalue weighted by Gasteiger charge is -2.19. The van der Waals surface area contributed by atoms with Gasteiger partial charge in [-0.25, -0.2) is 0 Å². The van der Waals surface area contributed by atoms with E-state index < -0.39 is 0 Å². The molecule has 1 aromatic rings.